The summed E-state index contributed by atoms with van der Waals surface area (Å²) in [5.74, 6) is -1.54. The van der Waals surface area contributed by atoms with Gasteiger partial charge in [-0.3, -0.25) is 0 Å². The number of halogens is 2. The molecule has 0 radical (unpaired) electrons. The predicted molar refractivity (Wildman–Crippen MR) is 48.6 cm³/mol. The van der Waals surface area contributed by atoms with Crippen LogP contribution in [0.2, 0.25) is 0 Å². The van der Waals surface area contributed by atoms with Crippen LogP contribution in [0.15, 0.2) is 30.3 Å². The van der Waals surface area contributed by atoms with E-state index in [1.807, 2.05) is 6.07 Å². The van der Waals surface area contributed by atoms with Crippen molar-refractivity contribution in [2.24, 2.45) is 0 Å². The van der Waals surface area contributed by atoms with Gasteiger partial charge in [0.1, 0.15) is 0 Å². The molecule has 2 aromatic rings. The van der Waals surface area contributed by atoms with Crippen LogP contribution in [0.3, 0.4) is 0 Å². The van der Waals surface area contributed by atoms with Gasteiger partial charge in [-0.25, -0.2) is 8.78 Å². The molecule has 0 aliphatic heterocycles. The number of rotatable bonds is 0. The normalized spacial score (nSPS) is 10.7. The summed E-state index contributed by atoms with van der Waals surface area (Å²) in [6, 6.07) is 8.10. The zero-order chi connectivity index (χ0) is 9.42. The number of hydrogen-bond acceptors (Lipinski definition) is 0. The van der Waals surface area contributed by atoms with E-state index in [4.69, 9.17) is 0 Å². The van der Waals surface area contributed by atoms with Gasteiger partial charge >= 0.3 is 0 Å². The maximum absolute atomic E-state index is 13.3. The molecule has 0 aliphatic carbocycles. The summed E-state index contributed by atoms with van der Waals surface area (Å²) in [4.78, 5) is 0. The van der Waals surface area contributed by atoms with Crippen LogP contribution in [-0.4, -0.2) is 0 Å². The second kappa shape index (κ2) is 2.80. The standard InChI is InChI=1S/C11H8F2/c1-7-3-2-4-8-5-6-9(12)11(13)10(7)8/h2-6H,1H3. The van der Waals surface area contributed by atoms with Crippen molar-refractivity contribution < 1.29 is 8.78 Å². The van der Waals surface area contributed by atoms with E-state index in [9.17, 15) is 8.78 Å². The van der Waals surface area contributed by atoms with Gasteiger partial charge in [-0.15, -0.1) is 0 Å². The maximum atomic E-state index is 13.3. The van der Waals surface area contributed by atoms with Gasteiger partial charge in [0.15, 0.2) is 11.6 Å². The maximum Gasteiger partial charge on any atom is 0.166 e. The van der Waals surface area contributed by atoms with Crippen molar-refractivity contribution in [2.75, 3.05) is 0 Å². The third kappa shape index (κ3) is 1.18. The third-order valence-corrected chi connectivity index (χ3v) is 2.14. The Hall–Kier alpha value is -1.44. The molecule has 0 saturated carbocycles. The van der Waals surface area contributed by atoms with E-state index in [-0.39, 0.29) is 0 Å². The molecule has 0 nitrogen and oxygen atoms in total. The molecule has 2 aromatic carbocycles. The minimum atomic E-state index is -0.790. The van der Waals surface area contributed by atoms with Crippen LogP contribution in [0.5, 0.6) is 0 Å². The summed E-state index contributed by atoms with van der Waals surface area (Å²) in [5, 5.41) is 1.11. The van der Waals surface area contributed by atoms with Crippen LogP contribution < -0.4 is 0 Å². The van der Waals surface area contributed by atoms with Crippen LogP contribution in [0.1, 0.15) is 5.56 Å². The molecule has 2 heteroatoms. The lowest BCUT2D eigenvalue weighted by molar-refractivity contribution is 0.517. The highest BCUT2D eigenvalue weighted by Gasteiger charge is 2.07. The van der Waals surface area contributed by atoms with Crippen molar-refractivity contribution >= 4 is 10.8 Å². The summed E-state index contributed by atoms with van der Waals surface area (Å²) in [7, 11) is 0. The first-order valence-corrected chi connectivity index (χ1v) is 4.03. The van der Waals surface area contributed by atoms with Gasteiger partial charge in [-0.1, -0.05) is 24.3 Å². The Bertz CT molecular complexity index is 461. The SMILES string of the molecule is Cc1cccc2ccc(F)c(F)c12. The predicted octanol–water partition coefficient (Wildman–Crippen LogP) is 3.43. The van der Waals surface area contributed by atoms with Crippen LogP contribution in [0.25, 0.3) is 10.8 Å². The van der Waals surface area contributed by atoms with E-state index in [1.54, 1.807) is 25.1 Å². The van der Waals surface area contributed by atoms with Gasteiger partial charge in [0.05, 0.1) is 0 Å². The van der Waals surface area contributed by atoms with E-state index < -0.39 is 11.6 Å². The quantitative estimate of drug-likeness (QED) is 0.579. The Kier molecular flexibility index (Phi) is 1.76. The summed E-state index contributed by atoms with van der Waals surface area (Å²) in [5.41, 5.74) is 0.759. The fourth-order valence-corrected chi connectivity index (χ4v) is 1.48. The fourth-order valence-electron chi connectivity index (χ4n) is 1.48. The summed E-state index contributed by atoms with van der Waals surface area (Å²) in [6.07, 6.45) is 0. The first-order chi connectivity index (χ1) is 6.20. The zero-order valence-corrected chi connectivity index (χ0v) is 7.14. The van der Waals surface area contributed by atoms with Gasteiger partial charge in [0, 0.05) is 5.39 Å². The van der Waals surface area contributed by atoms with E-state index in [0.29, 0.717) is 5.39 Å². The first-order valence-electron chi connectivity index (χ1n) is 4.03. The van der Waals surface area contributed by atoms with E-state index >= 15 is 0 Å². The molecule has 0 aromatic heterocycles. The lowest BCUT2D eigenvalue weighted by Gasteiger charge is -2.03. The molecule has 66 valence electrons. The van der Waals surface area contributed by atoms with Gasteiger partial charge in [-0.2, -0.15) is 0 Å². The fraction of sp³-hybridized carbons (Fsp3) is 0.0909. The minimum Gasteiger partial charge on any atom is -0.204 e. The molecular formula is C11H8F2. The minimum absolute atomic E-state index is 0.377. The van der Waals surface area contributed by atoms with Crippen molar-refractivity contribution in [3.8, 4) is 0 Å². The second-order valence-corrected chi connectivity index (χ2v) is 3.03. The molecule has 0 atom stereocenters. The largest absolute Gasteiger partial charge is 0.204 e. The first kappa shape index (κ1) is 8.17. The summed E-state index contributed by atoms with van der Waals surface area (Å²) >= 11 is 0. The van der Waals surface area contributed by atoms with Gasteiger partial charge < -0.3 is 0 Å². The van der Waals surface area contributed by atoms with Crippen molar-refractivity contribution in [1.29, 1.82) is 0 Å². The molecule has 0 N–H and O–H groups in total. The molecule has 0 saturated heterocycles. The molecule has 0 spiro atoms. The molecule has 0 heterocycles. The molecule has 0 bridgehead atoms. The van der Waals surface area contributed by atoms with Gasteiger partial charge in [-0.05, 0) is 23.9 Å². The lowest BCUT2D eigenvalue weighted by atomic mass is 10.1. The topological polar surface area (TPSA) is 0 Å². The van der Waals surface area contributed by atoms with Crippen LogP contribution in [0, 0.1) is 18.6 Å². The van der Waals surface area contributed by atoms with Crippen molar-refractivity contribution in [3.63, 3.8) is 0 Å². The van der Waals surface area contributed by atoms with E-state index in [2.05, 4.69) is 0 Å². The van der Waals surface area contributed by atoms with Gasteiger partial charge in [0.2, 0.25) is 0 Å². The molecule has 0 amide bonds. The summed E-state index contributed by atoms with van der Waals surface area (Å²) in [6.45, 7) is 1.77. The molecule has 2 rings (SSSR count). The monoisotopic (exact) mass is 178 g/mol. The second-order valence-electron chi connectivity index (χ2n) is 3.03. The Morgan fingerprint density at radius 1 is 1.00 bits per heavy atom. The Morgan fingerprint density at radius 3 is 2.54 bits per heavy atom. The number of hydrogen-bond donors (Lipinski definition) is 0. The van der Waals surface area contributed by atoms with Crippen LogP contribution >= 0.6 is 0 Å². The highest BCUT2D eigenvalue weighted by molar-refractivity contribution is 5.86. The highest BCUT2D eigenvalue weighted by Crippen LogP contribution is 2.23. The van der Waals surface area contributed by atoms with Crippen molar-refractivity contribution in [2.45, 2.75) is 6.92 Å². The molecule has 13 heavy (non-hydrogen) atoms. The van der Waals surface area contributed by atoms with E-state index in [0.717, 1.165) is 17.0 Å². The lowest BCUT2D eigenvalue weighted by Crippen LogP contribution is -1.88. The molecule has 0 unspecified atom stereocenters. The third-order valence-electron chi connectivity index (χ3n) is 2.14. The average molecular weight is 178 g/mol. The number of aryl methyl sites for hydroxylation is 1. The van der Waals surface area contributed by atoms with Crippen molar-refractivity contribution in [1.82, 2.24) is 0 Å². The van der Waals surface area contributed by atoms with E-state index in [1.165, 1.54) is 0 Å². The van der Waals surface area contributed by atoms with Crippen molar-refractivity contribution in [3.05, 3.63) is 47.5 Å². The smallest absolute Gasteiger partial charge is 0.166 e. The van der Waals surface area contributed by atoms with Crippen LogP contribution in [0.4, 0.5) is 8.78 Å². The molecule has 0 aliphatic rings. The number of benzene rings is 2. The highest BCUT2D eigenvalue weighted by atomic mass is 19.2. The number of fused-ring (bicyclic) bond motifs is 1. The van der Waals surface area contributed by atoms with Crippen LogP contribution in [-0.2, 0) is 0 Å². The zero-order valence-electron chi connectivity index (χ0n) is 7.14. The molecular weight excluding hydrogens is 170 g/mol. The Morgan fingerprint density at radius 2 is 1.77 bits per heavy atom. The average Bonchev–Trinajstić information content (AvgIpc) is 2.12. The summed E-state index contributed by atoms with van der Waals surface area (Å²) < 4.78 is 26.1. The Labute approximate surface area is 74.8 Å². The Balaban J connectivity index is 2.97. The molecule has 0 fully saturated rings. The van der Waals surface area contributed by atoms with Gasteiger partial charge in [0.25, 0.3) is 0 Å².